The smallest absolute Gasteiger partial charge is 0.272 e. The zero-order chi connectivity index (χ0) is 16.0. The molecule has 2 aromatic heterocycles. The molecule has 120 valence electrons. The van der Waals surface area contributed by atoms with Crippen molar-refractivity contribution in [3.05, 3.63) is 35.0 Å². The molecule has 0 saturated carbocycles. The molecule has 1 amide bonds. The van der Waals surface area contributed by atoms with Crippen molar-refractivity contribution in [2.45, 2.75) is 32.2 Å². The van der Waals surface area contributed by atoms with Gasteiger partial charge < -0.3 is 10.2 Å². The molecular weight excluding hydrogens is 292 g/mol. The zero-order valence-electron chi connectivity index (χ0n) is 13.4. The Bertz CT molecular complexity index is 762. The lowest BCUT2D eigenvalue weighted by molar-refractivity contribution is 0.0924. The maximum Gasteiger partial charge on any atom is 0.272 e. The fourth-order valence-corrected chi connectivity index (χ4v) is 3.33. The third kappa shape index (κ3) is 2.56. The van der Waals surface area contributed by atoms with Crippen LogP contribution in [-0.4, -0.2) is 44.8 Å². The Morgan fingerprint density at radius 2 is 2.13 bits per heavy atom. The van der Waals surface area contributed by atoms with Gasteiger partial charge in [0.05, 0.1) is 6.04 Å². The second-order valence-corrected chi connectivity index (χ2v) is 6.32. The normalized spacial score (nSPS) is 17.0. The molecule has 0 unspecified atom stereocenters. The van der Waals surface area contributed by atoms with Gasteiger partial charge in [-0.3, -0.25) is 9.48 Å². The summed E-state index contributed by atoms with van der Waals surface area (Å²) in [5.41, 5.74) is 2.96. The van der Waals surface area contributed by atoms with Crippen LogP contribution in [0.2, 0.25) is 0 Å². The predicted molar refractivity (Wildman–Crippen MR) is 85.5 cm³/mol. The monoisotopic (exact) mass is 312 g/mol. The summed E-state index contributed by atoms with van der Waals surface area (Å²) < 4.78 is 1.63. The average molecular weight is 312 g/mol. The SMILES string of the molecule is Cc1nc2c(c(N3CC(NC(=O)c4ccn(C)n4)C3)n1)CCC2. The number of rotatable bonds is 3. The van der Waals surface area contributed by atoms with Crippen LogP contribution in [0.25, 0.3) is 0 Å². The van der Waals surface area contributed by atoms with Crippen molar-refractivity contribution in [1.29, 1.82) is 0 Å². The second kappa shape index (κ2) is 5.33. The fraction of sp³-hybridized carbons (Fsp3) is 0.500. The van der Waals surface area contributed by atoms with E-state index in [1.165, 1.54) is 11.3 Å². The van der Waals surface area contributed by atoms with Crippen LogP contribution in [0.1, 0.15) is 34.0 Å². The number of anilines is 1. The lowest BCUT2D eigenvalue weighted by Gasteiger charge is -2.41. The van der Waals surface area contributed by atoms with Crippen molar-refractivity contribution >= 4 is 11.7 Å². The first-order chi connectivity index (χ1) is 11.1. The molecule has 7 nitrogen and oxygen atoms in total. The van der Waals surface area contributed by atoms with E-state index in [-0.39, 0.29) is 11.9 Å². The Balaban J connectivity index is 1.41. The molecule has 2 aromatic rings. The highest BCUT2D eigenvalue weighted by Crippen LogP contribution is 2.31. The van der Waals surface area contributed by atoms with Gasteiger partial charge in [0.15, 0.2) is 0 Å². The first kappa shape index (κ1) is 14.2. The first-order valence-corrected chi connectivity index (χ1v) is 8.02. The van der Waals surface area contributed by atoms with Crippen LogP contribution in [-0.2, 0) is 19.9 Å². The van der Waals surface area contributed by atoms with E-state index in [0.717, 1.165) is 44.0 Å². The summed E-state index contributed by atoms with van der Waals surface area (Å²) in [5.74, 6) is 1.79. The second-order valence-electron chi connectivity index (χ2n) is 6.32. The van der Waals surface area contributed by atoms with Gasteiger partial charge in [-0.25, -0.2) is 9.97 Å². The molecule has 0 radical (unpaired) electrons. The number of fused-ring (bicyclic) bond motifs is 1. The number of aromatic nitrogens is 4. The number of nitrogens with zero attached hydrogens (tertiary/aromatic N) is 5. The quantitative estimate of drug-likeness (QED) is 0.899. The molecule has 3 heterocycles. The van der Waals surface area contributed by atoms with E-state index >= 15 is 0 Å². The summed E-state index contributed by atoms with van der Waals surface area (Å²) >= 11 is 0. The maximum atomic E-state index is 12.1. The number of nitrogens with one attached hydrogen (secondary N) is 1. The van der Waals surface area contributed by atoms with Crippen LogP contribution in [0.5, 0.6) is 0 Å². The molecule has 4 rings (SSSR count). The highest BCUT2D eigenvalue weighted by Gasteiger charge is 2.33. The largest absolute Gasteiger partial charge is 0.352 e. The Labute approximate surface area is 134 Å². The highest BCUT2D eigenvalue weighted by atomic mass is 16.2. The Morgan fingerprint density at radius 3 is 2.87 bits per heavy atom. The van der Waals surface area contributed by atoms with Crippen molar-refractivity contribution in [1.82, 2.24) is 25.1 Å². The minimum atomic E-state index is -0.112. The van der Waals surface area contributed by atoms with Gasteiger partial charge in [0.2, 0.25) is 0 Å². The number of hydrogen-bond acceptors (Lipinski definition) is 5. The van der Waals surface area contributed by atoms with Gasteiger partial charge in [0, 0.05) is 37.6 Å². The van der Waals surface area contributed by atoms with Crippen molar-refractivity contribution in [3.63, 3.8) is 0 Å². The molecule has 0 spiro atoms. The molecule has 7 heteroatoms. The van der Waals surface area contributed by atoms with Crippen molar-refractivity contribution < 1.29 is 4.79 Å². The van der Waals surface area contributed by atoms with E-state index in [0.29, 0.717) is 5.69 Å². The van der Waals surface area contributed by atoms with Crippen molar-refractivity contribution in [3.8, 4) is 0 Å². The third-order valence-corrected chi connectivity index (χ3v) is 4.49. The topological polar surface area (TPSA) is 75.9 Å². The molecule has 1 aliphatic carbocycles. The Morgan fingerprint density at radius 1 is 1.30 bits per heavy atom. The number of amides is 1. The number of hydrogen-bond donors (Lipinski definition) is 1. The van der Waals surface area contributed by atoms with Crippen LogP contribution >= 0.6 is 0 Å². The van der Waals surface area contributed by atoms with Crippen molar-refractivity contribution in [2.75, 3.05) is 18.0 Å². The minimum Gasteiger partial charge on any atom is -0.352 e. The van der Waals surface area contributed by atoms with Crippen LogP contribution in [0.15, 0.2) is 12.3 Å². The number of carbonyl (C=O) groups is 1. The summed E-state index contributed by atoms with van der Waals surface area (Å²) in [7, 11) is 1.81. The highest BCUT2D eigenvalue weighted by molar-refractivity contribution is 5.92. The van der Waals surface area contributed by atoms with E-state index < -0.39 is 0 Å². The van der Waals surface area contributed by atoms with Gasteiger partial charge in [-0.05, 0) is 32.3 Å². The fourth-order valence-electron chi connectivity index (χ4n) is 3.33. The van der Waals surface area contributed by atoms with E-state index in [9.17, 15) is 4.79 Å². The number of aryl methyl sites for hydroxylation is 3. The molecular formula is C16H20N6O. The first-order valence-electron chi connectivity index (χ1n) is 8.02. The van der Waals surface area contributed by atoms with Crippen molar-refractivity contribution in [2.24, 2.45) is 7.05 Å². The molecule has 0 aromatic carbocycles. The average Bonchev–Trinajstić information content (AvgIpc) is 3.10. The molecule has 23 heavy (non-hydrogen) atoms. The van der Waals surface area contributed by atoms with Crippen LogP contribution in [0.3, 0.4) is 0 Å². The Kier molecular flexibility index (Phi) is 3.28. The van der Waals surface area contributed by atoms with Crippen LogP contribution in [0, 0.1) is 6.92 Å². The molecule has 1 fully saturated rings. The zero-order valence-corrected chi connectivity index (χ0v) is 13.4. The van der Waals surface area contributed by atoms with Crippen LogP contribution in [0.4, 0.5) is 5.82 Å². The van der Waals surface area contributed by atoms with E-state index in [4.69, 9.17) is 0 Å². The standard InChI is InChI=1S/C16H20N6O/c1-10-17-13-5-3-4-12(13)15(18-10)22-8-11(9-22)19-16(23)14-6-7-21(2)20-14/h6-7,11H,3-5,8-9H2,1-2H3,(H,19,23). The minimum absolute atomic E-state index is 0.112. The number of carbonyl (C=O) groups excluding carboxylic acids is 1. The van der Waals surface area contributed by atoms with Gasteiger partial charge in [-0.1, -0.05) is 0 Å². The van der Waals surface area contributed by atoms with Gasteiger partial charge in [-0.15, -0.1) is 0 Å². The summed E-state index contributed by atoms with van der Waals surface area (Å²) in [6, 6.07) is 1.88. The van der Waals surface area contributed by atoms with Gasteiger partial charge >= 0.3 is 0 Å². The predicted octanol–water partition coefficient (Wildman–Crippen LogP) is 0.626. The lowest BCUT2D eigenvalue weighted by Crippen LogP contribution is -2.60. The summed E-state index contributed by atoms with van der Waals surface area (Å²) in [4.78, 5) is 23.5. The molecule has 0 atom stereocenters. The van der Waals surface area contributed by atoms with Gasteiger partial charge in [0.25, 0.3) is 5.91 Å². The van der Waals surface area contributed by atoms with Crippen LogP contribution < -0.4 is 10.2 Å². The molecule has 2 aliphatic rings. The maximum absolute atomic E-state index is 12.1. The third-order valence-electron chi connectivity index (χ3n) is 4.49. The van der Waals surface area contributed by atoms with Gasteiger partial charge in [-0.2, -0.15) is 5.10 Å². The Hall–Kier alpha value is -2.44. The lowest BCUT2D eigenvalue weighted by atomic mass is 10.1. The summed E-state index contributed by atoms with van der Waals surface area (Å²) in [6.07, 6.45) is 5.05. The van der Waals surface area contributed by atoms with E-state index in [2.05, 4.69) is 25.3 Å². The van der Waals surface area contributed by atoms with E-state index in [1.54, 1.807) is 24.0 Å². The summed E-state index contributed by atoms with van der Waals surface area (Å²) in [5, 5.41) is 7.16. The molecule has 1 N–H and O–H groups in total. The molecule has 0 bridgehead atoms. The summed E-state index contributed by atoms with van der Waals surface area (Å²) in [6.45, 7) is 3.53. The molecule has 1 saturated heterocycles. The van der Waals surface area contributed by atoms with E-state index in [1.807, 2.05) is 6.92 Å². The van der Waals surface area contributed by atoms with Gasteiger partial charge in [0.1, 0.15) is 17.3 Å². The molecule has 1 aliphatic heterocycles.